The minimum atomic E-state index is -0.113. The van der Waals surface area contributed by atoms with Crippen LogP contribution in [0.2, 0.25) is 0 Å². The van der Waals surface area contributed by atoms with Crippen LogP contribution >= 0.6 is 22.7 Å². The van der Waals surface area contributed by atoms with Crippen molar-refractivity contribution >= 4 is 28.6 Å². The summed E-state index contributed by atoms with van der Waals surface area (Å²) >= 11 is 3.25. The highest BCUT2D eigenvalue weighted by molar-refractivity contribution is 7.13. The summed E-state index contributed by atoms with van der Waals surface area (Å²) < 4.78 is 1.77. The number of hydrogen-bond donors (Lipinski definition) is 1. The summed E-state index contributed by atoms with van der Waals surface area (Å²) in [5, 5.41) is 14.0. The maximum absolute atomic E-state index is 13.1. The van der Waals surface area contributed by atoms with Crippen molar-refractivity contribution in [3.63, 3.8) is 0 Å². The third-order valence-corrected chi connectivity index (χ3v) is 6.32. The molecule has 3 aromatic heterocycles. The van der Waals surface area contributed by atoms with Crippen LogP contribution in [0.25, 0.3) is 16.3 Å². The second kappa shape index (κ2) is 8.73. The van der Waals surface area contributed by atoms with Crippen LogP contribution in [-0.2, 0) is 0 Å². The summed E-state index contributed by atoms with van der Waals surface area (Å²) in [5.41, 5.74) is 3.42. The standard InChI is InChI=1S/C22H22N4OS2/c1-25(2)19(16-10-12-28-15-16)13-23-22(27)18-14-26(17-7-4-3-5-8-17)24-21(18)20-9-6-11-29-20/h3-12,14-15,19H,13H2,1-2H3,(H,23,27). The van der Waals surface area contributed by atoms with Gasteiger partial charge < -0.3 is 10.2 Å². The predicted molar refractivity (Wildman–Crippen MR) is 120 cm³/mol. The first-order valence-corrected chi connectivity index (χ1v) is 11.1. The molecular weight excluding hydrogens is 400 g/mol. The van der Waals surface area contributed by atoms with Crippen LogP contribution in [-0.4, -0.2) is 41.2 Å². The number of nitrogens with zero attached hydrogens (tertiary/aromatic N) is 3. The molecular formula is C22H22N4OS2. The smallest absolute Gasteiger partial charge is 0.255 e. The number of para-hydroxylation sites is 1. The van der Waals surface area contributed by atoms with Crippen molar-refractivity contribution in [2.45, 2.75) is 6.04 Å². The maximum Gasteiger partial charge on any atom is 0.255 e. The Morgan fingerprint density at radius 1 is 1.14 bits per heavy atom. The largest absolute Gasteiger partial charge is 0.350 e. The number of aromatic nitrogens is 2. The van der Waals surface area contributed by atoms with Crippen LogP contribution in [0.5, 0.6) is 0 Å². The van der Waals surface area contributed by atoms with Gasteiger partial charge in [-0.25, -0.2) is 4.68 Å². The van der Waals surface area contributed by atoms with Gasteiger partial charge in [0.25, 0.3) is 5.91 Å². The monoisotopic (exact) mass is 422 g/mol. The van der Waals surface area contributed by atoms with E-state index in [9.17, 15) is 4.79 Å². The lowest BCUT2D eigenvalue weighted by Crippen LogP contribution is -2.34. The first-order chi connectivity index (χ1) is 14.1. The first-order valence-electron chi connectivity index (χ1n) is 9.29. The summed E-state index contributed by atoms with van der Waals surface area (Å²) in [5.74, 6) is -0.113. The van der Waals surface area contributed by atoms with Crippen molar-refractivity contribution in [2.24, 2.45) is 0 Å². The van der Waals surface area contributed by atoms with Gasteiger partial charge in [-0.15, -0.1) is 11.3 Å². The van der Waals surface area contributed by atoms with Crippen LogP contribution < -0.4 is 5.32 Å². The quantitative estimate of drug-likeness (QED) is 0.470. The number of amides is 1. The Morgan fingerprint density at radius 3 is 2.62 bits per heavy atom. The van der Waals surface area contributed by atoms with Crippen LogP contribution in [0.3, 0.4) is 0 Å². The molecule has 1 atom stereocenters. The fraction of sp³-hybridized carbons (Fsp3) is 0.182. The topological polar surface area (TPSA) is 50.2 Å². The highest BCUT2D eigenvalue weighted by Gasteiger charge is 2.21. The third-order valence-electron chi connectivity index (χ3n) is 4.74. The van der Waals surface area contributed by atoms with Gasteiger partial charge in [-0.2, -0.15) is 16.4 Å². The molecule has 29 heavy (non-hydrogen) atoms. The molecule has 4 rings (SSSR count). The van der Waals surface area contributed by atoms with E-state index in [1.54, 1.807) is 27.4 Å². The van der Waals surface area contributed by atoms with Gasteiger partial charge in [-0.1, -0.05) is 24.3 Å². The molecule has 3 heterocycles. The third kappa shape index (κ3) is 4.32. The zero-order chi connectivity index (χ0) is 20.2. The summed E-state index contributed by atoms with van der Waals surface area (Å²) in [6.45, 7) is 0.531. The zero-order valence-corrected chi connectivity index (χ0v) is 17.9. The molecule has 1 amide bonds. The van der Waals surface area contributed by atoms with E-state index in [4.69, 9.17) is 5.10 Å². The van der Waals surface area contributed by atoms with Crippen molar-refractivity contribution in [1.82, 2.24) is 20.0 Å². The minimum Gasteiger partial charge on any atom is -0.350 e. The molecule has 5 nitrogen and oxygen atoms in total. The molecule has 0 bridgehead atoms. The second-order valence-electron chi connectivity index (χ2n) is 6.89. The highest BCUT2D eigenvalue weighted by atomic mass is 32.1. The van der Waals surface area contributed by atoms with Crippen LogP contribution in [0, 0.1) is 0 Å². The molecule has 7 heteroatoms. The van der Waals surface area contributed by atoms with Crippen molar-refractivity contribution in [3.8, 4) is 16.3 Å². The van der Waals surface area contributed by atoms with Crippen molar-refractivity contribution in [1.29, 1.82) is 0 Å². The van der Waals surface area contributed by atoms with E-state index in [-0.39, 0.29) is 11.9 Å². The average Bonchev–Trinajstić information content (AvgIpc) is 3.49. The van der Waals surface area contributed by atoms with Crippen molar-refractivity contribution in [3.05, 3.63) is 82.0 Å². The molecule has 0 saturated carbocycles. The molecule has 0 radical (unpaired) electrons. The van der Waals surface area contributed by atoms with E-state index < -0.39 is 0 Å². The lowest BCUT2D eigenvalue weighted by Gasteiger charge is -2.23. The molecule has 0 spiro atoms. The Labute approximate surface area is 178 Å². The number of carbonyl (C=O) groups excluding carboxylic acids is 1. The molecule has 148 valence electrons. The van der Waals surface area contributed by atoms with Gasteiger partial charge in [0.1, 0.15) is 5.69 Å². The van der Waals surface area contributed by atoms with Crippen molar-refractivity contribution in [2.75, 3.05) is 20.6 Å². The molecule has 0 saturated heterocycles. The summed E-state index contributed by atoms with van der Waals surface area (Å²) in [7, 11) is 4.05. The van der Waals surface area contributed by atoms with E-state index in [0.717, 1.165) is 10.6 Å². The van der Waals surface area contributed by atoms with Crippen LogP contribution in [0.15, 0.2) is 70.9 Å². The van der Waals surface area contributed by atoms with E-state index in [0.29, 0.717) is 17.8 Å². The van der Waals surface area contributed by atoms with Crippen LogP contribution in [0.4, 0.5) is 0 Å². The summed E-state index contributed by atoms with van der Waals surface area (Å²) in [6.07, 6.45) is 1.81. The highest BCUT2D eigenvalue weighted by Crippen LogP contribution is 2.28. The molecule has 1 N–H and O–H groups in total. The fourth-order valence-corrected chi connectivity index (χ4v) is 4.63. The van der Waals surface area contributed by atoms with Gasteiger partial charge in [-0.05, 0) is 60.1 Å². The lowest BCUT2D eigenvalue weighted by atomic mass is 10.1. The van der Waals surface area contributed by atoms with E-state index >= 15 is 0 Å². The SMILES string of the molecule is CN(C)C(CNC(=O)c1cn(-c2ccccc2)nc1-c1cccs1)c1ccsc1. The van der Waals surface area contributed by atoms with Gasteiger partial charge in [0, 0.05) is 12.7 Å². The van der Waals surface area contributed by atoms with Crippen molar-refractivity contribution < 1.29 is 4.79 Å². The number of rotatable bonds is 7. The maximum atomic E-state index is 13.1. The Morgan fingerprint density at radius 2 is 1.97 bits per heavy atom. The molecule has 4 aromatic rings. The molecule has 0 aliphatic carbocycles. The predicted octanol–water partition coefficient (Wildman–Crippen LogP) is 4.70. The Balaban J connectivity index is 1.61. The minimum absolute atomic E-state index is 0.113. The van der Waals surface area contributed by atoms with Crippen LogP contribution in [0.1, 0.15) is 22.0 Å². The molecule has 1 unspecified atom stereocenters. The Kier molecular flexibility index (Phi) is 5.89. The fourth-order valence-electron chi connectivity index (χ4n) is 3.20. The Bertz CT molecular complexity index is 1050. The van der Waals surface area contributed by atoms with Gasteiger partial charge >= 0.3 is 0 Å². The van der Waals surface area contributed by atoms with Gasteiger partial charge in [0.2, 0.25) is 0 Å². The second-order valence-corrected chi connectivity index (χ2v) is 8.62. The average molecular weight is 423 g/mol. The van der Waals surface area contributed by atoms with Gasteiger partial charge in [0.15, 0.2) is 0 Å². The van der Waals surface area contributed by atoms with E-state index in [1.165, 1.54) is 5.56 Å². The molecule has 1 aromatic carbocycles. The Hall–Kier alpha value is -2.74. The summed E-state index contributed by atoms with van der Waals surface area (Å²) in [6, 6.07) is 16.0. The van der Waals surface area contributed by atoms with Gasteiger partial charge in [0.05, 0.1) is 22.2 Å². The number of carbonyl (C=O) groups is 1. The van der Waals surface area contributed by atoms with E-state index in [2.05, 4.69) is 27.0 Å². The molecule has 0 aliphatic rings. The normalized spacial score (nSPS) is 12.2. The number of thiophene rings is 2. The van der Waals surface area contributed by atoms with Gasteiger partial charge in [-0.3, -0.25) is 4.79 Å². The number of benzene rings is 1. The zero-order valence-electron chi connectivity index (χ0n) is 16.3. The number of likely N-dealkylation sites (N-methyl/N-ethyl adjacent to an activating group) is 1. The number of hydrogen-bond acceptors (Lipinski definition) is 5. The first kappa shape index (κ1) is 19.6. The molecule has 0 aliphatic heterocycles. The summed E-state index contributed by atoms with van der Waals surface area (Å²) in [4.78, 5) is 16.2. The number of nitrogens with one attached hydrogen (secondary N) is 1. The van der Waals surface area contributed by atoms with E-state index in [1.807, 2.05) is 68.1 Å². The molecule has 0 fully saturated rings. The lowest BCUT2D eigenvalue weighted by molar-refractivity contribution is 0.0942.